The van der Waals surface area contributed by atoms with Crippen LogP contribution in [-0.2, 0) is 19.6 Å². The van der Waals surface area contributed by atoms with Crippen molar-refractivity contribution in [1.82, 2.24) is 5.32 Å². The lowest BCUT2D eigenvalue weighted by Crippen LogP contribution is -2.58. The number of benzene rings is 2. The maximum Gasteiger partial charge on any atom is 0.408 e. The van der Waals surface area contributed by atoms with Crippen LogP contribution < -0.4 is 20.1 Å². The summed E-state index contributed by atoms with van der Waals surface area (Å²) in [6.45, 7) is 7.17. The van der Waals surface area contributed by atoms with Crippen LogP contribution in [0.2, 0.25) is 0 Å². The highest BCUT2D eigenvalue weighted by Gasteiger charge is 2.36. The number of nitrogens with one attached hydrogen (secondary N) is 3. The van der Waals surface area contributed by atoms with Gasteiger partial charge in [-0.3, -0.25) is 9.52 Å². The summed E-state index contributed by atoms with van der Waals surface area (Å²) in [5.41, 5.74) is -2.45. The van der Waals surface area contributed by atoms with E-state index in [9.17, 15) is 27.5 Å². The zero-order chi connectivity index (χ0) is 29.9. The smallest absolute Gasteiger partial charge is 0.408 e. The summed E-state index contributed by atoms with van der Waals surface area (Å²) in [5.74, 6) is -0.655. The van der Waals surface area contributed by atoms with Gasteiger partial charge < -0.3 is 29.6 Å². The van der Waals surface area contributed by atoms with Crippen LogP contribution in [0.15, 0.2) is 57.8 Å². The van der Waals surface area contributed by atoms with E-state index in [4.69, 9.17) is 13.9 Å². The second kappa shape index (κ2) is 11.6. The molecule has 0 saturated heterocycles. The van der Waals surface area contributed by atoms with Gasteiger partial charge in [0, 0.05) is 5.69 Å². The van der Waals surface area contributed by atoms with Gasteiger partial charge in [-0.1, -0.05) is 0 Å². The highest BCUT2D eigenvalue weighted by atomic mass is 32.2. The topological polar surface area (TPSA) is 156 Å². The number of sulfonamides is 1. The van der Waals surface area contributed by atoms with Crippen molar-refractivity contribution in [3.05, 3.63) is 60.1 Å². The Morgan fingerprint density at radius 1 is 1.05 bits per heavy atom. The maximum atomic E-state index is 14.8. The molecule has 40 heavy (non-hydrogen) atoms. The number of aliphatic hydroxyl groups is 1. The molecule has 0 aliphatic heterocycles. The molecule has 4 N–H and O–H groups in total. The molecule has 0 aliphatic rings. The first kappa shape index (κ1) is 30.4. The number of alkyl carbamates (subject to hydrolysis) is 1. The second-order valence-electron chi connectivity index (χ2n) is 10.1. The fraction of sp³-hybridized carbons (Fsp3) is 0.333. The Balaban J connectivity index is 1.83. The molecule has 1 heterocycles. The molecule has 0 bridgehead atoms. The Bertz CT molecular complexity index is 1510. The molecule has 2 amide bonds. The molecule has 0 saturated carbocycles. The number of rotatable bonds is 9. The molecular weight excluding hydrogens is 545 g/mol. The van der Waals surface area contributed by atoms with E-state index >= 15 is 0 Å². The molecule has 0 spiro atoms. The van der Waals surface area contributed by atoms with Gasteiger partial charge in [0.05, 0.1) is 29.9 Å². The van der Waals surface area contributed by atoms with Crippen molar-refractivity contribution in [1.29, 1.82) is 0 Å². The number of methoxy groups -OCH3 is 1. The number of carbonyl (C=O) groups excluding carboxylic acids is 2. The van der Waals surface area contributed by atoms with Crippen LogP contribution >= 0.6 is 0 Å². The van der Waals surface area contributed by atoms with Gasteiger partial charge in [0.25, 0.3) is 15.9 Å². The average molecular weight is 578 g/mol. The minimum atomic E-state index is -4.30. The van der Waals surface area contributed by atoms with Gasteiger partial charge in [-0.15, -0.1) is 0 Å². The van der Waals surface area contributed by atoms with Gasteiger partial charge in [-0.05, 0) is 83.1 Å². The number of hydrogen-bond donors (Lipinski definition) is 4. The zero-order valence-electron chi connectivity index (χ0n) is 22.9. The summed E-state index contributed by atoms with van der Waals surface area (Å²) in [6, 6.07) is 10.7. The highest BCUT2D eigenvalue weighted by Crippen LogP contribution is 2.32. The molecule has 1 aromatic heterocycles. The first-order chi connectivity index (χ1) is 18.6. The fourth-order valence-corrected chi connectivity index (χ4v) is 4.55. The van der Waals surface area contributed by atoms with Gasteiger partial charge in [0.1, 0.15) is 34.2 Å². The van der Waals surface area contributed by atoms with Gasteiger partial charge in [-0.2, -0.15) is 0 Å². The third-order valence-corrected chi connectivity index (χ3v) is 6.92. The average Bonchev–Trinajstić information content (AvgIpc) is 3.28. The summed E-state index contributed by atoms with van der Waals surface area (Å²) in [7, 11) is -2.98. The number of furan rings is 1. The Morgan fingerprint density at radius 2 is 1.75 bits per heavy atom. The summed E-state index contributed by atoms with van der Waals surface area (Å²) in [5, 5.41) is 14.7. The van der Waals surface area contributed by atoms with E-state index in [-0.39, 0.29) is 33.3 Å². The van der Waals surface area contributed by atoms with Crippen LogP contribution in [0.4, 0.5) is 20.6 Å². The summed E-state index contributed by atoms with van der Waals surface area (Å²) >= 11 is 0. The van der Waals surface area contributed by atoms with Crippen LogP contribution in [0.1, 0.15) is 33.5 Å². The van der Waals surface area contributed by atoms with E-state index < -0.39 is 45.6 Å². The van der Waals surface area contributed by atoms with Gasteiger partial charge in [0.2, 0.25) is 0 Å². The first-order valence-electron chi connectivity index (χ1n) is 12.1. The number of aryl methyl sites for hydroxylation is 1. The van der Waals surface area contributed by atoms with Crippen molar-refractivity contribution in [3.63, 3.8) is 0 Å². The van der Waals surface area contributed by atoms with Gasteiger partial charge in [-0.25, -0.2) is 17.6 Å². The summed E-state index contributed by atoms with van der Waals surface area (Å²) in [4.78, 5) is 24.8. The molecule has 0 radical (unpaired) electrons. The lowest BCUT2D eigenvalue weighted by atomic mass is 10.0. The van der Waals surface area contributed by atoms with Gasteiger partial charge >= 0.3 is 6.09 Å². The molecule has 216 valence electrons. The lowest BCUT2D eigenvalue weighted by Gasteiger charge is -2.29. The highest BCUT2D eigenvalue weighted by molar-refractivity contribution is 7.92. The quantitative estimate of drug-likeness (QED) is 0.291. The monoisotopic (exact) mass is 577 g/mol. The number of carbonyl (C=O) groups is 2. The van der Waals surface area contributed by atoms with E-state index in [2.05, 4.69) is 15.4 Å². The molecule has 2 aromatic carbocycles. The van der Waals surface area contributed by atoms with E-state index in [1.54, 1.807) is 39.8 Å². The number of hydrogen-bond acceptors (Lipinski definition) is 8. The SMILES string of the molecule is COc1ccc(NC(=O)C(C)(CO)NC(=O)OC(C)(C)C)cc1NS(=O)(=O)c1ccc(-c2ccc(C)o2)c(F)c1. The van der Waals surface area contributed by atoms with Crippen molar-refractivity contribution in [2.24, 2.45) is 0 Å². The molecule has 11 nitrogen and oxygen atoms in total. The van der Waals surface area contributed by atoms with Crippen molar-refractivity contribution in [3.8, 4) is 17.1 Å². The lowest BCUT2D eigenvalue weighted by molar-refractivity contribution is -0.123. The minimum absolute atomic E-state index is 0.0581. The maximum absolute atomic E-state index is 14.8. The number of ether oxygens (including phenoxy) is 2. The molecule has 3 aromatic rings. The fourth-order valence-electron chi connectivity index (χ4n) is 3.48. The molecular formula is C27H32FN3O8S. The first-order valence-corrected chi connectivity index (χ1v) is 13.6. The molecule has 13 heteroatoms. The van der Waals surface area contributed by atoms with Crippen molar-refractivity contribution < 1.29 is 41.4 Å². The Kier molecular flexibility index (Phi) is 8.80. The minimum Gasteiger partial charge on any atom is -0.495 e. The van der Waals surface area contributed by atoms with Crippen LogP contribution in [0.5, 0.6) is 5.75 Å². The third-order valence-electron chi connectivity index (χ3n) is 5.55. The van der Waals surface area contributed by atoms with Crippen LogP contribution in [0, 0.1) is 12.7 Å². The Labute approximate surface area is 231 Å². The summed E-state index contributed by atoms with van der Waals surface area (Å²) < 4.78 is 59.2. The number of amides is 2. The zero-order valence-corrected chi connectivity index (χ0v) is 23.7. The van der Waals surface area contributed by atoms with E-state index in [0.29, 0.717) is 5.76 Å². The van der Waals surface area contributed by atoms with Crippen LogP contribution in [0.3, 0.4) is 0 Å². The Morgan fingerprint density at radius 3 is 2.30 bits per heavy atom. The normalized spacial score (nSPS) is 13.2. The van der Waals surface area contributed by atoms with Crippen molar-refractivity contribution in [2.75, 3.05) is 23.8 Å². The van der Waals surface area contributed by atoms with E-state index in [1.165, 1.54) is 44.4 Å². The molecule has 0 aliphatic carbocycles. The third kappa shape index (κ3) is 7.30. The van der Waals surface area contributed by atoms with Crippen molar-refractivity contribution in [2.45, 2.75) is 50.7 Å². The molecule has 3 rings (SSSR count). The number of halogens is 1. The van der Waals surface area contributed by atoms with Gasteiger partial charge in [0.15, 0.2) is 0 Å². The van der Waals surface area contributed by atoms with Crippen molar-refractivity contribution >= 4 is 33.4 Å². The van der Waals surface area contributed by atoms with E-state index in [1.807, 2.05) is 0 Å². The number of aliphatic hydroxyl groups excluding tert-OH is 1. The molecule has 0 fully saturated rings. The summed E-state index contributed by atoms with van der Waals surface area (Å²) in [6.07, 6.45) is -0.914. The predicted molar refractivity (Wildman–Crippen MR) is 146 cm³/mol. The predicted octanol–water partition coefficient (Wildman–Crippen LogP) is 4.42. The molecule has 1 atom stereocenters. The largest absolute Gasteiger partial charge is 0.495 e. The standard InChI is InChI=1S/C27H32FN3O8S/c1-16-7-11-22(38-16)19-10-9-18(14-20(19)28)40(35,36)31-21-13-17(8-12-23(21)37-6)29-24(33)27(5,15-32)30-25(34)39-26(2,3)4/h7-14,31-32H,15H2,1-6H3,(H,29,33)(H,30,34). The number of anilines is 2. The van der Waals surface area contributed by atoms with E-state index in [0.717, 1.165) is 6.07 Å². The Hall–Kier alpha value is -4.10. The second-order valence-corrected chi connectivity index (χ2v) is 11.8. The van der Waals surface area contributed by atoms with Crippen LogP contribution in [0.25, 0.3) is 11.3 Å². The molecule has 1 unspecified atom stereocenters. The van der Waals surface area contributed by atoms with Crippen LogP contribution in [-0.4, -0.2) is 50.4 Å².